The monoisotopic (exact) mass is 334 g/mol. The molecule has 0 aromatic carbocycles. The number of piperidine rings is 1. The zero-order valence-corrected chi connectivity index (χ0v) is 12.8. The molecule has 0 bridgehead atoms. The second kappa shape index (κ2) is 6.87. The van der Waals surface area contributed by atoms with Gasteiger partial charge in [-0.25, -0.2) is 4.98 Å². The number of likely N-dealkylation sites (tertiary alicyclic amines) is 1. The highest BCUT2D eigenvalue weighted by Crippen LogP contribution is 2.31. The quantitative estimate of drug-likeness (QED) is 0.863. The van der Waals surface area contributed by atoms with Gasteiger partial charge in [-0.15, -0.1) is 11.8 Å². The third-order valence-electron chi connectivity index (χ3n) is 3.80. The lowest BCUT2D eigenvalue weighted by atomic mass is 9.90. The van der Waals surface area contributed by atoms with Gasteiger partial charge >= 0.3 is 6.18 Å². The fourth-order valence-corrected chi connectivity index (χ4v) is 2.86. The summed E-state index contributed by atoms with van der Waals surface area (Å²) in [5.41, 5.74) is 0.424. The molecule has 1 aliphatic heterocycles. The van der Waals surface area contributed by atoms with Gasteiger partial charge in [0.1, 0.15) is 0 Å². The van der Waals surface area contributed by atoms with Crippen LogP contribution in [0.1, 0.15) is 23.2 Å². The molecule has 4 nitrogen and oxygen atoms in total. The maximum Gasteiger partial charge on any atom is 0.414 e. The molecule has 0 saturated carbocycles. The fraction of sp³-hybridized carbons (Fsp3) is 0.571. The van der Waals surface area contributed by atoms with E-state index in [2.05, 4.69) is 4.98 Å². The number of aliphatic hydroxyl groups is 1. The zero-order valence-electron chi connectivity index (χ0n) is 12.0. The van der Waals surface area contributed by atoms with E-state index < -0.39 is 18.2 Å². The van der Waals surface area contributed by atoms with Crippen LogP contribution in [0.2, 0.25) is 0 Å². The average molecular weight is 334 g/mol. The van der Waals surface area contributed by atoms with Gasteiger partial charge in [-0.2, -0.15) is 13.2 Å². The summed E-state index contributed by atoms with van der Waals surface area (Å²) in [6.07, 6.45) is -3.28. The van der Waals surface area contributed by atoms with E-state index in [9.17, 15) is 23.1 Å². The number of rotatable bonds is 3. The van der Waals surface area contributed by atoms with Crippen LogP contribution in [0.3, 0.4) is 0 Å². The summed E-state index contributed by atoms with van der Waals surface area (Å²) in [6.45, 7) is 0.418. The van der Waals surface area contributed by atoms with Crippen molar-refractivity contribution >= 4 is 17.7 Å². The number of alkyl halides is 3. The van der Waals surface area contributed by atoms with Crippen LogP contribution in [0.15, 0.2) is 23.4 Å². The number of aliphatic hydroxyl groups excluding tert-OH is 1. The molecule has 1 N–H and O–H groups in total. The molecule has 2 rings (SSSR count). The van der Waals surface area contributed by atoms with Crippen molar-refractivity contribution in [2.75, 3.05) is 19.3 Å². The number of nitrogens with zero attached hydrogens (tertiary/aromatic N) is 2. The minimum absolute atomic E-state index is 0.142. The van der Waals surface area contributed by atoms with E-state index in [1.807, 2.05) is 6.26 Å². The number of carbonyl (C=O) groups excluding carboxylic acids is 1. The maximum absolute atomic E-state index is 12.5. The molecule has 122 valence electrons. The molecule has 1 aromatic heterocycles. The Kier molecular flexibility index (Phi) is 5.33. The molecule has 0 aliphatic carbocycles. The SMILES string of the molecule is CSc1ccc(C(=O)N2CCC(C(O)C(F)(F)F)CC2)cn1. The number of pyridine rings is 1. The van der Waals surface area contributed by atoms with E-state index >= 15 is 0 Å². The van der Waals surface area contributed by atoms with Crippen molar-refractivity contribution in [3.63, 3.8) is 0 Å². The van der Waals surface area contributed by atoms with E-state index in [1.54, 1.807) is 12.1 Å². The average Bonchev–Trinajstić information content (AvgIpc) is 2.53. The fourth-order valence-electron chi connectivity index (χ4n) is 2.50. The summed E-state index contributed by atoms with van der Waals surface area (Å²) in [5, 5.41) is 10.1. The predicted octanol–water partition coefficient (Wildman–Crippen LogP) is 2.58. The van der Waals surface area contributed by atoms with Gasteiger partial charge in [-0.3, -0.25) is 4.79 Å². The van der Waals surface area contributed by atoms with Gasteiger partial charge < -0.3 is 10.0 Å². The topological polar surface area (TPSA) is 53.4 Å². The second-order valence-corrected chi connectivity index (χ2v) is 6.03. The highest BCUT2D eigenvalue weighted by atomic mass is 32.2. The highest BCUT2D eigenvalue weighted by Gasteiger charge is 2.44. The number of carbonyl (C=O) groups is 1. The van der Waals surface area contributed by atoms with Crippen LogP contribution in [-0.2, 0) is 0 Å². The Morgan fingerprint density at radius 2 is 2.05 bits per heavy atom. The summed E-state index contributed by atoms with van der Waals surface area (Å²) in [5.74, 6) is -1.08. The molecular weight excluding hydrogens is 317 g/mol. The molecule has 0 spiro atoms. The Hall–Kier alpha value is -1.28. The molecule has 1 saturated heterocycles. The molecule has 22 heavy (non-hydrogen) atoms. The van der Waals surface area contributed by atoms with Crippen LogP contribution in [0.4, 0.5) is 13.2 Å². The first-order valence-electron chi connectivity index (χ1n) is 6.87. The first-order valence-corrected chi connectivity index (χ1v) is 8.09. The Morgan fingerprint density at radius 3 is 2.50 bits per heavy atom. The van der Waals surface area contributed by atoms with Gasteiger partial charge in [0.25, 0.3) is 5.91 Å². The van der Waals surface area contributed by atoms with E-state index in [1.165, 1.54) is 22.9 Å². The van der Waals surface area contributed by atoms with Crippen molar-refractivity contribution in [3.8, 4) is 0 Å². The largest absolute Gasteiger partial charge is 0.414 e. The highest BCUT2D eigenvalue weighted by molar-refractivity contribution is 7.98. The second-order valence-electron chi connectivity index (χ2n) is 5.21. The smallest absolute Gasteiger partial charge is 0.383 e. The van der Waals surface area contributed by atoms with Crippen LogP contribution < -0.4 is 0 Å². The number of amides is 1. The third kappa shape index (κ3) is 3.92. The Balaban J connectivity index is 1.94. The molecule has 0 radical (unpaired) electrons. The van der Waals surface area contributed by atoms with Crippen molar-refractivity contribution in [3.05, 3.63) is 23.9 Å². The number of thioether (sulfide) groups is 1. The van der Waals surface area contributed by atoms with Crippen LogP contribution in [0, 0.1) is 5.92 Å². The summed E-state index contributed by atoms with van der Waals surface area (Å²) in [4.78, 5) is 17.9. The van der Waals surface area contributed by atoms with Gasteiger partial charge in [-0.1, -0.05) is 0 Å². The van der Waals surface area contributed by atoms with Gasteiger partial charge in [0, 0.05) is 19.3 Å². The first kappa shape index (κ1) is 17.1. The van der Waals surface area contributed by atoms with Crippen molar-refractivity contribution in [1.29, 1.82) is 0 Å². The molecule has 8 heteroatoms. The zero-order chi connectivity index (χ0) is 16.3. The molecular formula is C14H17F3N2O2S. The third-order valence-corrected chi connectivity index (χ3v) is 4.46. The lowest BCUT2D eigenvalue weighted by Crippen LogP contribution is -2.45. The summed E-state index contributed by atoms with van der Waals surface area (Å²) in [6, 6.07) is 3.40. The molecule has 2 heterocycles. The number of hydrogen-bond acceptors (Lipinski definition) is 4. The molecule has 1 atom stereocenters. The molecule has 1 aromatic rings. The normalized spacial score (nSPS) is 18.3. The summed E-state index contributed by atoms with van der Waals surface area (Å²) in [7, 11) is 0. The van der Waals surface area contributed by atoms with E-state index in [4.69, 9.17) is 0 Å². The summed E-state index contributed by atoms with van der Waals surface area (Å²) < 4.78 is 37.5. The van der Waals surface area contributed by atoms with Crippen molar-refractivity contribution in [2.24, 2.45) is 5.92 Å². The Bertz CT molecular complexity index is 514. The minimum Gasteiger partial charge on any atom is -0.383 e. The van der Waals surface area contributed by atoms with Crippen molar-refractivity contribution in [2.45, 2.75) is 30.1 Å². The van der Waals surface area contributed by atoms with Crippen LogP contribution >= 0.6 is 11.8 Å². The van der Waals surface area contributed by atoms with Gasteiger partial charge in [0.05, 0.1) is 10.6 Å². The predicted molar refractivity (Wildman–Crippen MR) is 76.7 cm³/mol. The van der Waals surface area contributed by atoms with E-state index in [-0.39, 0.29) is 31.8 Å². The molecule has 1 aliphatic rings. The lowest BCUT2D eigenvalue weighted by molar-refractivity contribution is -0.222. The van der Waals surface area contributed by atoms with Gasteiger partial charge in [0.15, 0.2) is 6.10 Å². The van der Waals surface area contributed by atoms with E-state index in [0.717, 1.165) is 5.03 Å². The number of hydrogen-bond donors (Lipinski definition) is 1. The Morgan fingerprint density at radius 1 is 1.41 bits per heavy atom. The lowest BCUT2D eigenvalue weighted by Gasteiger charge is -2.34. The molecule has 1 amide bonds. The van der Waals surface area contributed by atoms with Crippen LogP contribution in [0.25, 0.3) is 0 Å². The molecule has 1 unspecified atom stereocenters. The summed E-state index contributed by atoms with van der Waals surface area (Å²) >= 11 is 1.46. The first-order chi connectivity index (χ1) is 10.3. The van der Waals surface area contributed by atoms with E-state index in [0.29, 0.717) is 5.56 Å². The number of halogens is 3. The van der Waals surface area contributed by atoms with Crippen molar-refractivity contribution < 1.29 is 23.1 Å². The van der Waals surface area contributed by atoms with Crippen LogP contribution in [-0.4, -0.2) is 52.5 Å². The van der Waals surface area contributed by atoms with Gasteiger partial charge in [0.2, 0.25) is 0 Å². The standard InChI is InChI=1S/C14H17F3N2O2S/c1-22-11-3-2-10(8-18-11)13(21)19-6-4-9(5-7-19)12(20)14(15,16)17/h2-3,8-9,12,20H,4-7H2,1H3. The van der Waals surface area contributed by atoms with Crippen molar-refractivity contribution in [1.82, 2.24) is 9.88 Å². The van der Waals surface area contributed by atoms with Crippen LogP contribution in [0.5, 0.6) is 0 Å². The van der Waals surface area contributed by atoms with Gasteiger partial charge in [-0.05, 0) is 37.1 Å². The Labute approximate surface area is 130 Å². The minimum atomic E-state index is -4.60. The maximum atomic E-state index is 12.5. The molecule has 1 fully saturated rings. The number of aromatic nitrogens is 1.